The summed E-state index contributed by atoms with van der Waals surface area (Å²) in [4.78, 5) is 25.9. The van der Waals surface area contributed by atoms with E-state index < -0.39 is 0 Å². The third-order valence-electron chi connectivity index (χ3n) is 5.93. The van der Waals surface area contributed by atoms with Crippen LogP contribution < -0.4 is 15.1 Å². The van der Waals surface area contributed by atoms with Gasteiger partial charge in [-0.25, -0.2) is 9.97 Å². The highest BCUT2D eigenvalue weighted by Crippen LogP contribution is 2.27. The molecule has 2 aliphatic rings. The molecule has 1 N–H and O–H groups in total. The summed E-state index contributed by atoms with van der Waals surface area (Å²) in [5, 5.41) is 4.85. The van der Waals surface area contributed by atoms with Gasteiger partial charge in [-0.05, 0) is 48.7 Å². The first-order chi connectivity index (χ1) is 16.5. The van der Waals surface area contributed by atoms with Crippen LogP contribution in [-0.4, -0.2) is 48.1 Å². The molecule has 1 saturated carbocycles. The fourth-order valence-electron chi connectivity index (χ4n) is 3.88. The standard InChI is InChI=1S/C25H25Cl2N5OS/c26-19-2-1-3-21(14-19)31-10-12-32(13-11-31)23-15-22(27)29-25(30-23)34-16-17-4-6-18(7-5-17)24(33)28-20-8-9-20/h1-7,14-15,20H,8-13,16H2,(H,28,33). The summed E-state index contributed by atoms with van der Waals surface area (Å²) in [5.74, 6) is 1.55. The van der Waals surface area contributed by atoms with Gasteiger partial charge in [0.2, 0.25) is 0 Å². The van der Waals surface area contributed by atoms with Gasteiger partial charge >= 0.3 is 0 Å². The van der Waals surface area contributed by atoms with Crippen LogP contribution in [0.1, 0.15) is 28.8 Å². The summed E-state index contributed by atoms with van der Waals surface area (Å²) in [6.45, 7) is 3.44. The largest absolute Gasteiger partial charge is 0.368 e. The molecule has 2 heterocycles. The van der Waals surface area contributed by atoms with Crippen molar-refractivity contribution < 1.29 is 4.79 Å². The first-order valence-corrected chi connectivity index (χ1v) is 13.1. The Morgan fingerprint density at radius 2 is 1.71 bits per heavy atom. The lowest BCUT2D eigenvalue weighted by atomic mass is 10.1. The molecule has 1 amide bonds. The maximum absolute atomic E-state index is 12.2. The van der Waals surface area contributed by atoms with Crippen LogP contribution in [0.3, 0.4) is 0 Å². The van der Waals surface area contributed by atoms with Crippen LogP contribution in [0.5, 0.6) is 0 Å². The summed E-state index contributed by atoms with van der Waals surface area (Å²) in [7, 11) is 0. The van der Waals surface area contributed by atoms with Crippen molar-refractivity contribution in [2.24, 2.45) is 0 Å². The summed E-state index contributed by atoms with van der Waals surface area (Å²) >= 11 is 14.0. The summed E-state index contributed by atoms with van der Waals surface area (Å²) in [6.07, 6.45) is 2.17. The minimum atomic E-state index is -0.0000200. The van der Waals surface area contributed by atoms with Gasteiger partial charge in [-0.3, -0.25) is 4.79 Å². The Labute approximate surface area is 213 Å². The van der Waals surface area contributed by atoms with Crippen LogP contribution >= 0.6 is 35.0 Å². The second kappa shape index (κ2) is 10.4. The first-order valence-electron chi connectivity index (χ1n) is 11.4. The van der Waals surface area contributed by atoms with Gasteiger partial charge in [-0.15, -0.1) is 0 Å². The normalized spacial score (nSPS) is 15.9. The first kappa shape index (κ1) is 23.3. The number of aromatic nitrogens is 2. The van der Waals surface area contributed by atoms with E-state index in [9.17, 15) is 4.79 Å². The topological polar surface area (TPSA) is 61.4 Å². The van der Waals surface area contributed by atoms with E-state index >= 15 is 0 Å². The van der Waals surface area contributed by atoms with Crippen molar-refractivity contribution in [1.29, 1.82) is 0 Å². The second-order valence-corrected chi connectivity index (χ2v) is 10.3. The fraction of sp³-hybridized carbons (Fsp3) is 0.320. The predicted octanol–water partition coefficient (Wildman–Crippen LogP) is 5.29. The van der Waals surface area contributed by atoms with Crippen molar-refractivity contribution >= 4 is 52.4 Å². The predicted molar refractivity (Wildman–Crippen MR) is 139 cm³/mol. The molecule has 1 saturated heterocycles. The highest BCUT2D eigenvalue weighted by Gasteiger charge is 2.24. The number of thioether (sulfide) groups is 1. The Morgan fingerprint density at radius 1 is 0.971 bits per heavy atom. The zero-order valence-corrected chi connectivity index (χ0v) is 20.9. The molecule has 176 valence electrons. The average molecular weight is 514 g/mol. The van der Waals surface area contributed by atoms with E-state index in [1.165, 1.54) is 0 Å². The van der Waals surface area contributed by atoms with Gasteiger partial charge < -0.3 is 15.1 Å². The highest BCUT2D eigenvalue weighted by molar-refractivity contribution is 7.98. The number of carbonyl (C=O) groups excluding carboxylic acids is 1. The maximum atomic E-state index is 12.2. The van der Waals surface area contributed by atoms with Crippen LogP contribution in [0.25, 0.3) is 0 Å². The molecule has 1 aromatic heterocycles. The van der Waals surface area contributed by atoms with Crippen LogP contribution in [0.2, 0.25) is 10.2 Å². The zero-order chi connectivity index (χ0) is 23.5. The Kier molecular flexibility index (Phi) is 7.13. The number of halogens is 2. The second-order valence-electron chi connectivity index (χ2n) is 8.52. The van der Waals surface area contributed by atoms with E-state index in [2.05, 4.69) is 26.2 Å². The molecule has 34 heavy (non-hydrogen) atoms. The Bertz CT molecular complexity index is 1160. The number of amides is 1. The van der Waals surface area contributed by atoms with Crippen molar-refractivity contribution in [2.75, 3.05) is 36.0 Å². The lowest BCUT2D eigenvalue weighted by Crippen LogP contribution is -2.46. The van der Waals surface area contributed by atoms with Crippen LogP contribution in [-0.2, 0) is 5.75 Å². The molecule has 0 radical (unpaired) electrons. The molecule has 0 bridgehead atoms. The number of anilines is 2. The van der Waals surface area contributed by atoms with Gasteiger partial charge in [0, 0.05) is 60.3 Å². The van der Waals surface area contributed by atoms with Gasteiger partial charge in [-0.1, -0.05) is 53.2 Å². The van der Waals surface area contributed by atoms with Crippen molar-refractivity contribution in [3.63, 3.8) is 0 Å². The molecular weight excluding hydrogens is 489 g/mol. The molecule has 1 aliphatic heterocycles. The SMILES string of the molecule is O=C(NC1CC1)c1ccc(CSc2nc(Cl)cc(N3CCN(c4cccc(Cl)c4)CC3)n2)cc1. The maximum Gasteiger partial charge on any atom is 0.251 e. The van der Waals surface area contributed by atoms with Crippen molar-refractivity contribution in [1.82, 2.24) is 15.3 Å². The van der Waals surface area contributed by atoms with Gasteiger partial charge in [-0.2, -0.15) is 0 Å². The van der Waals surface area contributed by atoms with Crippen molar-refractivity contribution in [3.05, 3.63) is 75.9 Å². The molecule has 2 aromatic carbocycles. The molecule has 6 nitrogen and oxygen atoms in total. The quantitative estimate of drug-likeness (QED) is 0.263. The van der Waals surface area contributed by atoms with Gasteiger partial charge in [0.15, 0.2) is 5.16 Å². The number of hydrogen-bond acceptors (Lipinski definition) is 6. The minimum absolute atomic E-state index is 0.0000200. The van der Waals surface area contributed by atoms with Crippen LogP contribution in [0.15, 0.2) is 59.8 Å². The molecule has 5 rings (SSSR count). The number of hydrogen-bond donors (Lipinski definition) is 1. The molecule has 3 aromatic rings. The molecular formula is C25H25Cl2N5OS. The van der Waals surface area contributed by atoms with Gasteiger partial charge in [0.1, 0.15) is 11.0 Å². The third kappa shape index (κ3) is 5.95. The Morgan fingerprint density at radius 3 is 2.41 bits per heavy atom. The van der Waals surface area contributed by atoms with Gasteiger partial charge in [0.25, 0.3) is 5.91 Å². The van der Waals surface area contributed by atoms with Gasteiger partial charge in [0.05, 0.1) is 0 Å². The Hall–Kier alpha value is -2.48. The van der Waals surface area contributed by atoms with Crippen LogP contribution in [0.4, 0.5) is 11.5 Å². The zero-order valence-electron chi connectivity index (χ0n) is 18.6. The monoisotopic (exact) mass is 513 g/mol. The Balaban J connectivity index is 1.18. The smallest absolute Gasteiger partial charge is 0.251 e. The summed E-state index contributed by atoms with van der Waals surface area (Å²) in [6, 6.07) is 17.9. The number of carbonyl (C=O) groups is 1. The molecule has 0 spiro atoms. The number of nitrogens with one attached hydrogen (secondary N) is 1. The molecule has 2 fully saturated rings. The number of benzene rings is 2. The van der Waals surface area contributed by atoms with E-state index in [-0.39, 0.29) is 5.91 Å². The average Bonchev–Trinajstić information content (AvgIpc) is 3.67. The molecule has 1 aliphatic carbocycles. The lowest BCUT2D eigenvalue weighted by molar-refractivity contribution is 0.0951. The number of rotatable bonds is 7. The fourth-order valence-corrected chi connectivity index (χ4v) is 5.10. The van der Waals surface area contributed by atoms with E-state index in [1.54, 1.807) is 11.8 Å². The molecule has 0 unspecified atom stereocenters. The van der Waals surface area contributed by atoms with Crippen LogP contribution in [0, 0.1) is 0 Å². The van der Waals surface area contributed by atoms with E-state index in [4.69, 9.17) is 28.2 Å². The molecule has 0 atom stereocenters. The van der Waals surface area contributed by atoms with Crippen molar-refractivity contribution in [2.45, 2.75) is 29.8 Å². The number of nitrogens with zero attached hydrogens (tertiary/aromatic N) is 4. The summed E-state index contributed by atoms with van der Waals surface area (Å²) < 4.78 is 0. The summed E-state index contributed by atoms with van der Waals surface area (Å²) in [5.41, 5.74) is 2.94. The molecule has 9 heteroatoms. The van der Waals surface area contributed by atoms with E-state index in [0.717, 1.165) is 61.1 Å². The highest BCUT2D eigenvalue weighted by atomic mass is 35.5. The van der Waals surface area contributed by atoms with Crippen molar-refractivity contribution in [3.8, 4) is 0 Å². The third-order valence-corrected chi connectivity index (χ3v) is 7.28. The van der Waals surface area contributed by atoms with E-state index in [0.29, 0.717) is 27.7 Å². The lowest BCUT2D eigenvalue weighted by Gasteiger charge is -2.36. The minimum Gasteiger partial charge on any atom is -0.368 e. The van der Waals surface area contributed by atoms with E-state index in [1.807, 2.05) is 48.5 Å². The number of piperazine rings is 1.